The van der Waals surface area contributed by atoms with Gasteiger partial charge in [-0.15, -0.1) is 12.6 Å². The molecule has 0 aromatic carbocycles. The first kappa shape index (κ1) is 5.53. The average Bonchev–Trinajstić information content (AvgIpc) is 1.38. The van der Waals surface area contributed by atoms with Gasteiger partial charge in [0, 0.05) is 5.37 Å². The summed E-state index contributed by atoms with van der Waals surface area (Å²) in [6, 6.07) is 0. The van der Waals surface area contributed by atoms with E-state index in [9.17, 15) is 0 Å². The van der Waals surface area contributed by atoms with Gasteiger partial charge in [0.25, 0.3) is 0 Å². The van der Waals surface area contributed by atoms with Gasteiger partial charge in [0.1, 0.15) is 0 Å². The Morgan fingerprint density at radius 1 is 1.80 bits per heavy atom. The van der Waals surface area contributed by atoms with E-state index in [-0.39, 0.29) is 0 Å². The fourth-order valence-electron chi connectivity index (χ4n) is 0. The molecule has 0 aliphatic carbocycles. The first-order valence-electron chi connectivity index (χ1n) is 0.952. The molecule has 0 fully saturated rings. The Hall–Kier alpha value is 0.530. The molecule has 0 saturated carbocycles. The maximum atomic E-state index is 4.40. The second-order valence-electron chi connectivity index (χ2n) is 0.456. The molecule has 0 amide bonds. The summed E-state index contributed by atoms with van der Waals surface area (Å²) in [6.07, 6.45) is 0. The third kappa shape index (κ3) is 4.53. The van der Waals surface area contributed by atoms with Crippen molar-refractivity contribution in [1.29, 1.82) is 0 Å². The average molecular weight is 122 g/mol. The van der Waals surface area contributed by atoms with Crippen LogP contribution in [0.3, 0.4) is 0 Å². The molecule has 0 aromatic heterocycles. The Morgan fingerprint density at radius 2 is 2.00 bits per heavy atom. The van der Waals surface area contributed by atoms with Crippen molar-refractivity contribution in [3.05, 3.63) is 0 Å². The molecule has 5 heavy (non-hydrogen) atoms. The van der Waals surface area contributed by atoms with Gasteiger partial charge in [0.2, 0.25) is 0 Å². The fourth-order valence-corrected chi connectivity index (χ4v) is 0. The molecular weight excluding hydrogens is 120 g/mol. The van der Waals surface area contributed by atoms with Crippen LogP contribution in [0.1, 0.15) is 0 Å². The molecule has 0 unspecified atom stereocenters. The molecule has 0 atom stereocenters. The van der Waals surface area contributed by atoms with E-state index >= 15 is 0 Å². The van der Waals surface area contributed by atoms with Crippen molar-refractivity contribution in [1.82, 2.24) is 0 Å². The fraction of sp³-hybridized carbons (Fsp3) is 0. The number of thiol groups is 1. The van der Waals surface area contributed by atoms with Gasteiger partial charge in [0.05, 0.1) is 4.20 Å². The van der Waals surface area contributed by atoms with Crippen molar-refractivity contribution in [2.45, 2.75) is 0 Å². The summed E-state index contributed by atoms with van der Waals surface area (Å²) in [5, 5.41) is 1.35. The van der Waals surface area contributed by atoms with Crippen LogP contribution in [0.2, 0.25) is 0 Å². The molecule has 0 N–H and O–H groups in total. The standard InChI is InChI=1S/C2H2S3/c3-1-2(4)5/h1H,(H,4,5). The molecule has 0 spiro atoms. The van der Waals surface area contributed by atoms with Gasteiger partial charge in [-0.05, 0) is 0 Å². The van der Waals surface area contributed by atoms with Crippen molar-refractivity contribution in [3.63, 3.8) is 0 Å². The number of rotatable bonds is 1. The molecule has 0 aliphatic rings. The second-order valence-corrected chi connectivity index (χ2v) is 1.92. The minimum Gasteiger partial charge on any atom is -0.131 e. The summed E-state index contributed by atoms with van der Waals surface area (Å²) in [5.74, 6) is 0. The summed E-state index contributed by atoms with van der Waals surface area (Å²) in [4.78, 5) is 0. The molecule has 0 saturated heterocycles. The quantitative estimate of drug-likeness (QED) is 0.410. The van der Waals surface area contributed by atoms with E-state index in [0.29, 0.717) is 4.20 Å². The molecular formula is C2H2S3. The van der Waals surface area contributed by atoms with E-state index in [2.05, 4.69) is 37.1 Å². The Morgan fingerprint density at radius 3 is 2.00 bits per heavy atom. The lowest BCUT2D eigenvalue weighted by Crippen LogP contribution is -1.72. The van der Waals surface area contributed by atoms with E-state index in [4.69, 9.17) is 0 Å². The van der Waals surface area contributed by atoms with Gasteiger partial charge in [-0.3, -0.25) is 0 Å². The van der Waals surface area contributed by atoms with Crippen molar-refractivity contribution in [2.75, 3.05) is 0 Å². The van der Waals surface area contributed by atoms with Crippen LogP contribution in [-0.4, -0.2) is 9.56 Å². The predicted octanol–water partition coefficient (Wildman–Crippen LogP) is 1.24. The topological polar surface area (TPSA) is 0 Å². The minimum absolute atomic E-state index is 0.472. The first-order chi connectivity index (χ1) is 2.27. The number of thiocarbonyl (C=S) groups is 2. The van der Waals surface area contributed by atoms with E-state index in [0.717, 1.165) is 0 Å². The highest BCUT2D eigenvalue weighted by atomic mass is 32.1. The maximum Gasteiger partial charge on any atom is 0.0782 e. The molecule has 0 aliphatic heterocycles. The highest BCUT2D eigenvalue weighted by Gasteiger charge is 1.66. The van der Waals surface area contributed by atoms with Gasteiger partial charge < -0.3 is 0 Å². The SMILES string of the molecule is S=CC(=S)S. The van der Waals surface area contributed by atoms with Crippen molar-refractivity contribution in [3.8, 4) is 0 Å². The van der Waals surface area contributed by atoms with Crippen LogP contribution in [-0.2, 0) is 0 Å². The van der Waals surface area contributed by atoms with Gasteiger partial charge in [0.15, 0.2) is 0 Å². The van der Waals surface area contributed by atoms with Crippen LogP contribution in [0.15, 0.2) is 0 Å². The van der Waals surface area contributed by atoms with Crippen LogP contribution in [0.25, 0.3) is 0 Å². The summed E-state index contributed by atoms with van der Waals surface area (Å²) >= 11 is 12.4. The molecule has 0 aromatic rings. The highest BCUT2D eigenvalue weighted by molar-refractivity contribution is 8.15. The molecule has 0 radical (unpaired) electrons. The molecule has 0 nitrogen and oxygen atoms in total. The summed E-state index contributed by atoms with van der Waals surface area (Å²) in [7, 11) is 0. The van der Waals surface area contributed by atoms with Crippen molar-refractivity contribution >= 4 is 46.6 Å². The summed E-state index contributed by atoms with van der Waals surface area (Å²) in [6.45, 7) is 0. The summed E-state index contributed by atoms with van der Waals surface area (Å²) in [5.41, 5.74) is 0. The van der Waals surface area contributed by atoms with Gasteiger partial charge >= 0.3 is 0 Å². The molecule has 3 heteroatoms. The van der Waals surface area contributed by atoms with Crippen LogP contribution in [0.4, 0.5) is 0 Å². The zero-order chi connectivity index (χ0) is 4.28. The minimum atomic E-state index is 0.472. The third-order valence-corrected chi connectivity index (χ3v) is 0.907. The zero-order valence-electron chi connectivity index (χ0n) is 2.34. The normalized spacial score (nSPS) is 6.60. The Kier molecular flexibility index (Phi) is 3.04. The van der Waals surface area contributed by atoms with E-state index in [1.54, 1.807) is 0 Å². The monoisotopic (exact) mass is 122 g/mol. The Labute approximate surface area is 47.0 Å². The Balaban J connectivity index is 3.20. The molecule has 0 bridgehead atoms. The Bertz CT molecular complexity index is 55.9. The van der Waals surface area contributed by atoms with Crippen LogP contribution in [0, 0.1) is 0 Å². The largest absolute Gasteiger partial charge is 0.131 e. The van der Waals surface area contributed by atoms with E-state index in [1.165, 1.54) is 5.37 Å². The van der Waals surface area contributed by atoms with Crippen LogP contribution in [0.5, 0.6) is 0 Å². The van der Waals surface area contributed by atoms with Gasteiger partial charge in [-0.25, -0.2) is 0 Å². The van der Waals surface area contributed by atoms with Crippen molar-refractivity contribution < 1.29 is 0 Å². The summed E-state index contributed by atoms with van der Waals surface area (Å²) < 4.78 is 0.472. The lowest BCUT2D eigenvalue weighted by Gasteiger charge is -1.64. The van der Waals surface area contributed by atoms with Crippen molar-refractivity contribution in [2.24, 2.45) is 0 Å². The highest BCUT2D eigenvalue weighted by Crippen LogP contribution is 1.74. The predicted molar refractivity (Wildman–Crippen MR) is 35.2 cm³/mol. The molecule has 28 valence electrons. The second kappa shape index (κ2) is 2.75. The van der Waals surface area contributed by atoms with E-state index in [1.807, 2.05) is 0 Å². The third-order valence-electron chi connectivity index (χ3n) is 0.101. The number of hydrogen-bond acceptors (Lipinski definition) is 2. The van der Waals surface area contributed by atoms with Gasteiger partial charge in [-0.1, -0.05) is 24.4 Å². The first-order valence-corrected chi connectivity index (χ1v) is 2.28. The van der Waals surface area contributed by atoms with Gasteiger partial charge in [-0.2, -0.15) is 0 Å². The lowest BCUT2D eigenvalue weighted by atomic mass is 11.0. The number of hydrogen-bond donors (Lipinski definition) is 1. The van der Waals surface area contributed by atoms with E-state index < -0.39 is 0 Å². The lowest BCUT2D eigenvalue weighted by molar-refractivity contribution is 3.74. The smallest absolute Gasteiger partial charge is 0.0782 e. The maximum absolute atomic E-state index is 4.40. The molecule has 0 heterocycles. The molecule has 0 rings (SSSR count). The van der Waals surface area contributed by atoms with Crippen LogP contribution < -0.4 is 0 Å². The zero-order valence-corrected chi connectivity index (χ0v) is 4.87. The van der Waals surface area contributed by atoms with Crippen LogP contribution >= 0.6 is 37.1 Å².